The van der Waals surface area contributed by atoms with E-state index in [0.717, 1.165) is 11.1 Å². The van der Waals surface area contributed by atoms with Gasteiger partial charge >= 0.3 is 0 Å². The van der Waals surface area contributed by atoms with Crippen LogP contribution in [0.3, 0.4) is 0 Å². The first-order valence-corrected chi connectivity index (χ1v) is 7.54. The van der Waals surface area contributed by atoms with Crippen LogP contribution in [-0.4, -0.2) is 27.5 Å². The predicted molar refractivity (Wildman–Crippen MR) is 86.2 cm³/mol. The molecule has 0 fully saturated rings. The van der Waals surface area contributed by atoms with Gasteiger partial charge in [-0.3, -0.25) is 4.79 Å². The number of carbonyl (C=O) groups excluding carboxylic acids is 1. The van der Waals surface area contributed by atoms with E-state index in [0.29, 0.717) is 24.5 Å². The number of hydrogen-bond donors (Lipinski definition) is 1. The molecule has 1 aromatic carbocycles. The molecule has 6 nitrogen and oxygen atoms in total. The van der Waals surface area contributed by atoms with Crippen molar-refractivity contribution >= 4 is 18.1 Å². The molecule has 0 aliphatic carbocycles. The summed E-state index contributed by atoms with van der Waals surface area (Å²) in [5.74, 6) is 0.364. The Labute approximate surface area is 137 Å². The van der Waals surface area contributed by atoms with Crippen LogP contribution in [0.25, 0.3) is 11.5 Å². The normalized spacial score (nSPS) is 10.7. The summed E-state index contributed by atoms with van der Waals surface area (Å²) in [6.45, 7) is 3.07. The SMILES string of the molecule is CCN(Cc1ccoc1)C(=O)c1ccc(-c2n[nH]c(=S)o2)cc1. The molecule has 1 N–H and O–H groups in total. The molecule has 0 radical (unpaired) electrons. The van der Waals surface area contributed by atoms with Crippen LogP contribution in [0.5, 0.6) is 0 Å². The van der Waals surface area contributed by atoms with Crippen molar-refractivity contribution in [1.82, 2.24) is 15.1 Å². The number of hydrogen-bond acceptors (Lipinski definition) is 5. The fraction of sp³-hybridized carbons (Fsp3) is 0.188. The Kier molecular flexibility index (Phi) is 4.38. The quantitative estimate of drug-likeness (QED) is 0.723. The number of rotatable bonds is 5. The van der Waals surface area contributed by atoms with Crippen molar-refractivity contribution in [2.24, 2.45) is 0 Å². The molecule has 3 rings (SSSR count). The maximum atomic E-state index is 12.6. The van der Waals surface area contributed by atoms with E-state index in [1.165, 1.54) is 0 Å². The second kappa shape index (κ2) is 6.62. The summed E-state index contributed by atoms with van der Waals surface area (Å²) in [5.41, 5.74) is 2.32. The van der Waals surface area contributed by atoms with Crippen LogP contribution in [0.4, 0.5) is 0 Å². The van der Waals surface area contributed by atoms with Gasteiger partial charge in [-0.05, 0) is 49.5 Å². The van der Waals surface area contributed by atoms with Gasteiger partial charge in [0.15, 0.2) is 0 Å². The van der Waals surface area contributed by atoms with E-state index >= 15 is 0 Å². The van der Waals surface area contributed by atoms with Crippen molar-refractivity contribution < 1.29 is 13.6 Å². The van der Waals surface area contributed by atoms with E-state index in [2.05, 4.69) is 10.2 Å². The number of furan rings is 1. The molecule has 2 aromatic heterocycles. The van der Waals surface area contributed by atoms with E-state index in [1.807, 2.05) is 13.0 Å². The lowest BCUT2D eigenvalue weighted by atomic mass is 10.1. The average Bonchev–Trinajstić information content (AvgIpc) is 3.23. The first-order chi connectivity index (χ1) is 11.2. The maximum absolute atomic E-state index is 12.6. The van der Waals surface area contributed by atoms with Gasteiger partial charge in [0.25, 0.3) is 10.7 Å². The Balaban J connectivity index is 1.77. The second-order valence-electron chi connectivity index (χ2n) is 4.95. The Morgan fingerprint density at radius 2 is 2.09 bits per heavy atom. The fourth-order valence-corrected chi connectivity index (χ4v) is 2.35. The minimum Gasteiger partial charge on any atom is -0.472 e. The lowest BCUT2D eigenvalue weighted by molar-refractivity contribution is 0.0752. The lowest BCUT2D eigenvalue weighted by Gasteiger charge is -2.20. The topological polar surface area (TPSA) is 75.3 Å². The summed E-state index contributed by atoms with van der Waals surface area (Å²) >= 11 is 4.85. The monoisotopic (exact) mass is 329 g/mol. The van der Waals surface area contributed by atoms with Crippen molar-refractivity contribution in [2.45, 2.75) is 13.5 Å². The minimum absolute atomic E-state index is 0.0387. The summed E-state index contributed by atoms with van der Waals surface area (Å²) in [6.07, 6.45) is 3.24. The molecule has 0 spiro atoms. The Morgan fingerprint density at radius 1 is 1.30 bits per heavy atom. The third-order valence-corrected chi connectivity index (χ3v) is 3.61. The van der Waals surface area contributed by atoms with Crippen molar-refractivity contribution in [3.05, 3.63) is 58.8 Å². The van der Waals surface area contributed by atoms with Crippen LogP contribution in [0.2, 0.25) is 0 Å². The zero-order chi connectivity index (χ0) is 16.2. The van der Waals surface area contributed by atoms with E-state index in [9.17, 15) is 4.79 Å². The Morgan fingerprint density at radius 3 is 2.65 bits per heavy atom. The number of aromatic nitrogens is 2. The molecule has 0 saturated heterocycles. The summed E-state index contributed by atoms with van der Waals surface area (Å²) in [7, 11) is 0. The number of aromatic amines is 1. The highest BCUT2D eigenvalue weighted by molar-refractivity contribution is 7.71. The highest BCUT2D eigenvalue weighted by atomic mass is 32.1. The third-order valence-electron chi connectivity index (χ3n) is 3.44. The van der Waals surface area contributed by atoms with Crippen LogP contribution in [0.15, 0.2) is 51.7 Å². The zero-order valence-electron chi connectivity index (χ0n) is 12.5. The number of benzene rings is 1. The molecule has 23 heavy (non-hydrogen) atoms. The molecule has 0 aliphatic heterocycles. The van der Waals surface area contributed by atoms with Crippen molar-refractivity contribution in [3.8, 4) is 11.5 Å². The largest absolute Gasteiger partial charge is 0.472 e. The molecule has 0 atom stereocenters. The molecule has 3 aromatic rings. The van der Waals surface area contributed by atoms with Gasteiger partial charge in [-0.25, -0.2) is 5.10 Å². The van der Waals surface area contributed by atoms with Gasteiger partial charge in [0.1, 0.15) is 0 Å². The predicted octanol–water partition coefficient (Wildman–Crippen LogP) is 3.65. The second-order valence-corrected chi connectivity index (χ2v) is 5.32. The molecule has 0 saturated carbocycles. The minimum atomic E-state index is -0.0387. The van der Waals surface area contributed by atoms with Gasteiger partial charge in [0.2, 0.25) is 5.89 Å². The van der Waals surface area contributed by atoms with Crippen LogP contribution < -0.4 is 0 Å². The Bertz CT molecular complexity index is 834. The third kappa shape index (κ3) is 3.40. The lowest BCUT2D eigenvalue weighted by Crippen LogP contribution is -2.30. The van der Waals surface area contributed by atoms with E-state index < -0.39 is 0 Å². The van der Waals surface area contributed by atoms with Crippen molar-refractivity contribution in [3.63, 3.8) is 0 Å². The van der Waals surface area contributed by atoms with Gasteiger partial charge in [-0.1, -0.05) is 0 Å². The summed E-state index contributed by atoms with van der Waals surface area (Å²) in [6, 6.07) is 8.93. The smallest absolute Gasteiger partial charge is 0.284 e. The Hall–Kier alpha value is -2.67. The number of H-pyrrole nitrogens is 1. The van der Waals surface area contributed by atoms with Crippen LogP contribution in [0.1, 0.15) is 22.8 Å². The summed E-state index contributed by atoms with van der Waals surface area (Å²) < 4.78 is 10.3. The standard InChI is InChI=1S/C16H15N3O3S/c1-2-19(9-11-7-8-21-10-11)15(20)13-5-3-12(4-6-13)14-17-18-16(23)22-14/h3-8,10H,2,9H2,1H3,(H,18,23). The molecule has 0 bridgehead atoms. The molecule has 0 unspecified atom stereocenters. The fourth-order valence-electron chi connectivity index (χ4n) is 2.22. The van der Waals surface area contributed by atoms with E-state index in [4.69, 9.17) is 21.1 Å². The zero-order valence-corrected chi connectivity index (χ0v) is 13.3. The van der Waals surface area contributed by atoms with Crippen molar-refractivity contribution in [2.75, 3.05) is 6.54 Å². The van der Waals surface area contributed by atoms with Gasteiger partial charge in [-0.15, -0.1) is 5.10 Å². The highest BCUT2D eigenvalue weighted by Crippen LogP contribution is 2.18. The number of nitrogens with zero attached hydrogens (tertiary/aromatic N) is 2. The molecular formula is C16H15N3O3S. The number of amides is 1. The molecule has 1 amide bonds. The summed E-state index contributed by atoms with van der Waals surface area (Å²) in [5, 5.41) is 6.53. The molecule has 0 aliphatic rings. The van der Waals surface area contributed by atoms with E-state index in [-0.39, 0.29) is 10.7 Å². The van der Waals surface area contributed by atoms with Crippen LogP contribution in [-0.2, 0) is 6.54 Å². The average molecular weight is 329 g/mol. The van der Waals surface area contributed by atoms with Crippen LogP contribution in [0, 0.1) is 4.84 Å². The van der Waals surface area contributed by atoms with Crippen LogP contribution >= 0.6 is 12.2 Å². The highest BCUT2D eigenvalue weighted by Gasteiger charge is 2.15. The molecule has 118 valence electrons. The molecule has 7 heteroatoms. The number of carbonyl (C=O) groups is 1. The van der Waals surface area contributed by atoms with Crippen molar-refractivity contribution in [1.29, 1.82) is 0 Å². The molecule has 2 heterocycles. The maximum Gasteiger partial charge on any atom is 0.284 e. The van der Waals surface area contributed by atoms with Gasteiger partial charge in [-0.2, -0.15) is 0 Å². The van der Waals surface area contributed by atoms with Gasteiger partial charge in [0, 0.05) is 29.8 Å². The first kappa shape index (κ1) is 15.2. The molecular weight excluding hydrogens is 314 g/mol. The van der Waals surface area contributed by atoms with Gasteiger partial charge < -0.3 is 13.7 Å². The number of nitrogens with one attached hydrogen (secondary N) is 1. The van der Waals surface area contributed by atoms with E-state index in [1.54, 1.807) is 41.7 Å². The van der Waals surface area contributed by atoms with Gasteiger partial charge in [0.05, 0.1) is 12.5 Å². The summed E-state index contributed by atoms with van der Waals surface area (Å²) in [4.78, 5) is 14.6. The first-order valence-electron chi connectivity index (χ1n) is 7.13.